The van der Waals surface area contributed by atoms with E-state index in [-0.39, 0.29) is 5.48 Å². The third-order valence-electron chi connectivity index (χ3n) is 5.29. The first kappa shape index (κ1) is 19.0. The summed E-state index contributed by atoms with van der Waals surface area (Å²) in [4.78, 5) is 0. The van der Waals surface area contributed by atoms with Gasteiger partial charge in [-0.15, -0.1) is 0 Å². The van der Waals surface area contributed by atoms with Gasteiger partial charge in [-0.25, -0.2) is 0 Å². The van der Waals surface area contributed by atoms with Gasteiger partial charge < -0.3 is 5.48 Å². The first-order chi connectivity index (χ1) is 8.67. The molecule has 19 heavy (non-hydrogen) atoms. The molecule has 0 aromatic rings. The highest BCUT2D eigenvalue weighted by Gasteiger charge is 2.28. The van der Waals surface area contributed by atoms with Crippen LogP contribution in [0.1, 0.15) is 91.9 Å². The summed E-state index contributed by atoms with van der Waals surface area (Å²) in [6.45, 7) is 9.22. The standard InChI is InChI=1S/C14H26.C4H10.H2O/c1-11-3-7-13(8-4-11)14-9-5-12(2)6-10-14;1-3-4-2;/h11-14H,3-10H2,1-2H3;3-4H2,1-2H3;1H2. The number of hydrogen-bond donors (Lipinski definition) is 0. The molecule has 0 heterocycles. The normalized spacial score (nSPS) is 34.7. The van der Waals surface area contributed by atoms with Crippen LogP contribution in [-0.2, 0) is 0 Å². The van der Waals surface area contributed by atoms with Crippen LogP contribution in [0.2, 0.25) is 0 Å². The fourth-order valence-corrected chi connectivity index (χ4v) is 3.51. The van der Waals surface area contributed by atoms with Crippen molar-refractivity contribution in [1.29, 1.82) is 0 Å². The van der Waals surface area contributed by atoms with E-state index in [1.165, 1.54) is 38.5 Å². The summed E-state index contributed by atoms with van der Waals surface area (Å²) in [7, 11) is 0. The second kappa shape index (κ2) is 10.7. The van der Waals surface area contributed by atoms with Crippen molar-refractivity contribution >= 4 is 0 Å². The van der Waals surface area contributed by atoms with Crippen LogP contribution in [0, 0.1) is 23.7 Å². The molecular weight excluding hydrogens is 232 g/mol. The second-order valence-corrected chi connectivity index (χ2v) is 7.04. The molecule has 0 aliphatic heterocycles. The van der Waals surface area contributed by atoms with Gasteiger partial charge in [0.2, 0.25) is 0 Å². The lowest BCUT2D eigenvalue weighted by molar-refractivity contribution is 0.155. The zero-order valence-electron chi connectivity index (χ0n) is 13.9. The lowest BCUT2D eigenvalue weighted by Crippen LogP contribution is -2.24. The molecule has 0 bridgehead atoms. The first-order valence-corrected chi connectivity index (χ1v) is 8.67. The molecule has 0 atom stereocenters. The van der Waals surface area contributed by atoms with E-state index in [4.69, 9.17) is 0 Å². The lowest BCUT2D eigenvalue weighted by atomic mass is 9.70. The van der Waals surface area contributed by atoms with Crippen molar-refractivity contribution in [3.8, 4) is 0 Å². The number of hydrogen-bond acceptors (Lipinski definition) is 0. The Labute approximate surface area is 121 Å². The van der Waals surface area contributed by atoms with Gasteiger partial charge in [-0.05, 0) is 49.4 Å². The number of rotatable bonds is 2. The molecule has 0 aromatic carbocycles. The Balaban J connectivity index is 0.000000576. The Bertz CT molecular complexity index is 164. The van der Waals surface area contributed by atoms with E-state index in [0.29, 0.717) is 0 Å². The van der Waals surface area contributed by atoms with Crippen molar-refractivity contribution in [3.63, 3.8) is 0 Å². The largest absolute Gasteiger partial charge is 0.412 e. The molecule has 2 rings (SSSR count). The molecule has 2 aliphatic rings. The Morgan fingerprint density at radius 3 is 1.05 bits per heavy atom. The zero-order chi connectivity index (χ0) is 13.4. The van der Waals surface area contributed by atoms with Crippen LogP contribution < -0.4 is 0 Å². The van der Waals surface area contributed by atoms with E-state index >= 15 is 0 Å². The van der Waals surface area contributed by atoms with Crippen molar-refractivity contribution in [2.45, 2.75) is 91.9 Å². The highest BCUT2D eigenvalue weighted by molar-refractivity contribution is 4.80. The van der Waals surface area contributed by atoms with E-state index in [2.05, 4.69) is 27.7 Å². The second-order valence-electron chi connectivity index (χ2n) is 7.04. The van der Waals surface area contributed by atoms with Crippen molar-refractivity contribution < 1.29 is 5.48 Å². The number of unbranched alkanes of at least 4 members (excludes halogenated alkanes) is 1. The molecule has 2 saturated carbocycles. The van der Waals surface area contributed by atoms with Crippen LogP contribution in [0.15, 0.2) is 0 Å². The average molecular weight is 271 g/mol. The summed E-state index contributed by atoms with van der Waals surface area (Å²) >= 11 is 0. The Morgan fingerprint density at radius 1 is 0.579 bits per heavy atom. The van der Waals surface area contributed by atoms with E-state index in [1.807, 2.05) is 0 Å². The fraction of sp³-hybridized carbons (Fsp3) is 1.00. The molecule has 0 aromatic heterocycles. The minimum Gasteiger partial charge on any atom is -0.412 e. The van der Waals surface area contributed by atoms with Crippen LogP contribution in [0.4, 0.5) is 0 Å². The molecule has 0 radical (unpaired) electrons. The summed E-state index contributed by atoms with van der Waals surface area (Å²) < 4.78 is 0. The van der Waals surface area contributed by atoms with Crippen molar-refractivity contribution in [1.82, 2.24) is 0 Å². The zero-order valence-corrected chi connectivity index (χ0v) is 13.9. The monoisotopic (exact) mass is 270 g/mol. The molecule has 2 aliphatic carbocycles. The van der Waals surface area contributed by atoms with Gasteiger partial charge in [0.15, 0.2) is 0 Å². The summed E-state index contributed by atoms with van der Waals surface area (Å²) in [5.41, 5.74) is 0. The van der Waals surface area contributed by atoms with Crippen molar-refractivity contribution in [2.24, 2.45) is 23.7 Å². The minimum absolute atomic E-state index is 0. The molecular formula is C18H38O. The first-order valence-electron chi connectivity index (χ1n) is 8.67. The predicted molar refractivity (Wildman–Crippen MR) is 86.4 cm³/mol. The van der Waals surface area contributed by atoms with Gasteiger partial charge in [-0.1, -0.05) is 66.2 Å². The summed E-state index contributed by atoms with van der Waals surface area (Å²) in [6, 6.07) is 0. The van der Waals surface area contributed by atoms with Gasteiger partial charge >= 0.3 is 0 Å². The smallest absolute Gasteiger partial charge is 0.0386 e. The molecule has 0 unspecified atom stereocenters. The third kappa shape index (κ3) is 7.34. The van der Waals surface area contributed by atoms with Crippen LogP contribution in [0.5, 0.6) is 0 Å². The molecule has 116 valence electrons. The minimum atomic E-state index is 0. The molecule has 2 fully saturated rings. The van der Waals surface area contributed by atoms with E-state index in [0.717, 1.165) is 23.7 Å². The van der Waals surface area contributed by atoms with E-state index in [1.54, 1.807) is 25.7 Å². The molecule has 0 amide bonds. The van der Waals surface area contributed by atoms with Gasteiger partial charge in [0.05, 0.1) is 0 Å². The highest BCUT2D eigenvalue weighted by Crippen LogP contribution is 2.40. The maximum atomic E-state index is 2.43. The SMILES string of the molecule is CC1CCC(C2CCC(C)CC2)CC1.CCCC.O. The Kier molecular flexibility index (Phi) is 10.7. The van der Waals surface area contributed by atoms with Crippen molar-refractivity contribution in [2.75, 3.05) is 0 Å². The Hall–Kier alpha value is -0.0400. The van der Waals surface area contributed by atoms with E-state index in [9.17, 15) is 0 Å². The van der Waals surface area contributed by atoms with Crippen LogP contribution in [0.25, 0.3) is 0 Å². The molecule has 0 spiro atoms. The summed E-state index contributed by atoms with van der Waals surface area (Å²) in [5.74, 6) is 4.26. The quantitative estimate of drug-likeness (QED) is 0.623. The fourth-order valence-electron chi connectivity index (χ4n) is 3.51. The van der Waals surface area contributed by atoms with Gasteiger partial charge in [0, 0.05) is 0 Å². The lowest BCUT2D eigenvalue weighted by Gasteiger charge is -2.36. The Morgan fingerprint density at radius 2 is 0.842 bits per heavy atom. The summed E-state index contributed by atoms with van der Waals surface area (Å²) in [6.07, 6.45) is 14.8. The van der Waals surface area contributed by atoms with Gasteiger partial charge in [-0.3, -0.25) is 0 Å². The molecule has 1 nitrogen and oxygen atoms in total. The molecule has 0 saturated heterocycles. The maximum absolute atomic E-state index is 2.43. The highest BCUT2D eigenvalue weighted by atomic mass is 16.0. The van der Waals surface area contributed by atoms with E-state index < -0.39 is 0 Å². The van der Waals surface area contributed by atoms with Crippen LogP contribution in [0.3, 0.4) is 0 Å². The topological polar surface area (TPSA) is 31.5 Å². The van der Waals surface area contributed by atoms with Gasteiger partial charge in [-0.2, -0.15) is 0 Å². The van der Waals surface area contributed by atoms with Crippen LogP contribution >= 0.6 is 0 Å². The van der Waals surface area contributed by atoms with Gasteiger partial charge in [0.1, 0.15) is 0 Å². The predicted octanol–water partition coefficient (Wildman–Crippen LogP) is 5.62. The van der Waals surface area contributed by atoms with Gasteiger partial charge in [0.25, 0.3) is 0 Å². The van der Waals surface area contributed by atoms with Crippen LogP contribution in [-0.4, -0.2) is 5.48 Å². The van der Waals surface area contributed by atoms with Crippen molar-refractivity contribution in [3.05, 3.63) is 0 Å². The summed E-state index contributed by atoms with van der Waals surface area (Å²) in [5, 5.41) is 0. The maximum Gasteiger partial charge on any atom is -0.0386 e. The average Bonchev–Trinajstić information content (AvgIpc) is 2.41. The third-order valence-corrected chi connectivity index (χ3v) is 5.29. The molecule has 2 N–H and O–H groups in total. The molecule has 1 heteroatoms.